The van der Waals surface area contributed by atoms with E-state index in [4.69, 9.17) is 0 Å². The molecule has 1 amide bonds. The highest BCUT2D eigenvalue weighted by atomic mass is 32.2. The van der Waals surface area contributed by atoms with E-state index >= 15 is 0 Å². The molecule has 2 fully saturated rings. The number of rotatable bonds is 4. The van der Waals surface area contributed by atoms with E-state index in [1.165, 1.54) is 5.56 Å². The van der Waals surface area contributed by atoms with Gasteiger partial charge < -0.3 is 14.9 Å². The van der Waals surface area contributed by atoms with Gasteiger partial charge in [0.15, 0.2) is 5.84 Å². The van der Waals surface area contributed by atoms with Gasteiger partial charge in [-0.2, -0.15) is 8.42 Å². The molecule has 8 heteroatoms. The molecule has 0 saturated carbocycles. The number of aryl methyl sites for hydroxylation is 1. The van der Waals surface area contributed by atoms with Crippen molar-refractivity contribution >= 4 is 21.8 Å². The van der Waals surface area contributed by atoms with Gasteiger partial charge in [0.1, 0.15) is 10.6 Å². The van der Waals surface area contributed by atoms with Crippen LogP contribution in [0.15, 0.2) is 57.8 Å². The first-order chi connectivity index (χ1) is 16.4. The molecule has 3 aliphatic rings. The molecule has 180 valence electrons. The zero-order valence-electron chi connectivity index (χ0n) is 19.3. The highest BCUT2D eigenvalue weighted by Crippen LogP contribution is 2.31. The van der Waals surface area contributed by atoms with Crippen molar-refractivity contribution in [2.75, 3.05) is 26.2 Å². The molecular weight excluding hydrogens is 450 g/mol. The molecule has 7 nitrogen and oxygen atoms in total. The molecule has 0 unspecified atom stereocenters. The molecule has 0 radical (unpaired) electrons. The number of piperidine rings is 2. The van der Waals surface area contributed by atoms with Crippen molar-refractivity contribution in [3.8, 4) is 5.75 Å². The van der Waals surface area contributed by atoms with Gasteiger partial charge in [-0.05, 0) is 74.3 Å². The Morgan fingerprint density at radius 1 is 0.941 bits per heavy atom. The number of carbonyl (C=O) groups excluding carboxylic acids is 1. The molecule has 0 spiro atoms. The summed E-state index contributed by atoms with van der Waals surface area (Å²) in [6, 6.07) is 14.4. The van der Waals surface area contributed by atoms with Crippen molar-refractivity contribution in [1.82, 2.24) is 9.80 Å². The third kappa shape index (κ3) is 4.69. The fourth-order valence-corrected chi connectivity index (χ4v) is 6.62. The number of fused-ring (bicyclic) bond motifs is 1. The van der Waals surface area contributed by atoms with Gasteiger partial charge in [-0.3, -0.25) is 4.79 Å². The minimum atomic E-state index is -3.62. The number of benzene rings is 2. The van der Waals surface area contributed by atoms with Crippen LogP contribution >= 0.6 is 0 Å². The van der Waals surface area contributed by atoms with E-state index in [2.05, 4.69) is 4.40 Å². The summed E-state index contributed by atoms with van der Waals surface area (Å²) < 4.78 is 28.8. The second-order valence-electron chi connectivity index (χ2n) is 9.62. The number of hydrogen-bond acceptors (Lipinski definition) is 5. The summed E-state index contributed by atoms with van der Waals surface area (Å²) >= 11 is 0. The van der Waals surface area contributed by atoms with Crippen LogP contribution in [0.5, 0.6) is 5.75 Å². The van der Waals surface area contributed by atoms with Crippen molar-refractivity contribution in [3.05, 3.63) is 59.7 Å². The smallest absolute Gasteiger partial charge is 0.285 e. The predicted molar refractivity (Wildman–Crippen MR) is 130 cm³/mol. The van der Waals surface area contributed by atoms with Gasteiger partial charge in [-0.15, -0.1) is 4.40 Å². The molecule has 34 heavy (non-hydrogen) atoms. The number of amides is 1. The zero-order valence-corrected chi connectivity index (χ0v) is 20.1. The molecule has 3 heterocycles. The minimum absolute atomic E-state index is 0.00125. The number of hydrogen-bond donors (Lipinski definition) is 1. The first-order valence-corrected chi connectivity index (χ1v) is 13.6. The molecular formula is C26H31N3O4S. The zero-order chi connectivity index (χ0) is 23.7. The molecule has 3 aliphatic heterocycles. The van der Waals surface area contributed by atoms with Crippen LogP contribution in [0.2, 0.25) is 0 Å². The van der Waals surface area contributed by atoms with Crippen molar-refractivity contribution in [3.63, 3.8) is 0 Å². The second kappa shape index (κ2) is 9.41. The number of aromatic hydroxyl groups is 1. The van der Waals surface area contributed by atoms with E-state index in [0.29, 0.717) is 36.2 Å². The van der Waals surface area contributed by atoms with Crippen LogP contribution in [0.25, 0.3) is 0 Å². The lowest BCUT2D eigenvalue weighted by Crippen LogP contribution is -2.46. The summed E-state index contributed by atoms with van der Waals surface area (Å²) in [5.74, 6) is 1.70. The fourth-order valence-electron chi connectivity index (χ4n) is 5.39. The van der Waals surface area contributed by atoms with Gasteiger partial charge in [-0.25, -0.2) is 0 Å². The van der Waals surface area contributed by atoms with Gasteiger partial charge in [0.2, 0.25) is 5.91 Å². The predicted octanol–water partition coefficient (Wildman–Crippen LogP) is 3.42. The van der Waals surface area contributed by atoms with E-state index in [1.54, 1.807) is 24.3 Å². The SMILES string of the molecule is O=C(C1CCN(C2=NS(=O)(=O)c3ccccc32)CC1)N1CCC(CCc2ccc(O)cc2)CC1. The van der Waals surface area contributed by atoms with Gasteiger partial charge in [-0.1, -0.05) is 24.3 Å². The number of phenols is 1. The normalized spacial score (nSPS) is 20.8. The van der Waals surface area contributed by atoms with Crippen LogP contribution < -0.4 is 0 Å². The third-order valence-corrected chi connectivity index (χ3v) is 8.79. The Morgan fingerprint density at radius 2 is 1.62 bits per heavy atom. The lowest BCUT2D eigenvalue weighted by atomic mass is 9.89. The minimum Gasteiger partial charge on any atom is -0.508 e. The molecule has 1 N–H and O–H groups in total. The molecule has 0 aliphatic carbocycles. The quantitative estimate of drug-likeness (QED) is 0.723. The number of likely N-dealkylation sites (tertiary alicyclic amines) is 2. The Morgan fingerprint density at radius 3 is 2.32 bits per heavy atom. The number of amidine groups is 1. The van der Waals surface area contributed by atoms with Crippen molar-refractivity contribution < 1.29 is 18.3 Å². The summed E-state index contributed by atoms with van der Waals surface area (Å²) in [6.45, 7) is 2.92. The summed E-state index contributed by atoms with van der Waals surface area (Å²) in [4.78, 5) is 17.5. The highest BCUT2D eigenvalue weighted by molar-refractivity contribution is 7.90. The van der Waals surface area contributed by atoms with Crippen molar-refractivity contribution in [2.24, 2.45) is 16.2 Å². The third-order valence-electron chi connectivity index (χ3n) is 7.46. The maximum absolute atomic E-state index is 13.2. The lowest BCUT2D eigenvalue weighted by molar-refractivity contribution is -0.138. The maximum Gasteiger partial charge on any atom is 0.285 e. The lowest BCUT2D eigenvalue weighted by Gasteiger charge is -2.38. The number of phenolic OH excluding ortho intramolecular Hbond substituents is 1. The largest absolute Gasteiger partial charge is 0.508 e. The first kappa shape index (κ1) is 22.9. The molecule has 5 rings (SSSR count). The molecule has 0 bridgehead atoms. The monoisotopic (exact) mass is 481 g/mol. The van der Waals surface area contributed by atoms with E-state index in [0.717, 1.165) is 51.6 Å². The van der Waals surface area contributed by atoms with E-state index in [9.17, 15) is 18.3 Å². The van der Waals surface area contributed by atoms with Crippen molar-refractivity contribution in [2.45, 2.75) is 43.4 Å². The number of nitrogens with zero attached hydrogens (tertiary/aromatic N) is 3. The Bertz CT molecular complexity index is 1180. The van der Waals surface area contributed by atoms with Gasteiger partial charge in [0.25, 0.3) is 10.0 Å². The molecule has 2 aromatic carbocycles. The topological polar surface area (TPSA) is 90.3 Å². The Balaban J connectivity index is 1.10. The van der Waals surface area contributed by atoms with E-state index in [1.807, 2.05) is 34.1 Å². The first-order valence-electron chi connectivity index (χ1n) is 12.2. The summed E-state index contributed by atoms with van der Waals surface area (Å²) in [5, 5.41) is 9.42. The molecule has 0 atom stereocenters. The second-order valence-corrected chi connectivity index (χ2v) is 11.2. The number of sulfonamides is 1. The fraction of sp³-hybridized carbons (Fsp3) is 0.462. The number of carbonyl (C=O) groups is 1. The van der Waals surface area contributed by atoms with E-state index in [-0.39, 0.29) is 16.7 Å². The summed E-state index contributed by atoms with van der Waals surface area (Å²) in [5.41, 5.74) is 1.91. The van der Waals surface area contributed by atoms with Crippen LogP contribution in [0, 0.1) is 11.8 Å². The molecule has 2 aromatic rings. The van der Waals surface area contributed by atoms with Gasteiger partial charge in [0.05, 0.1) is 0 Å². The van der Waals surface area contributed by atoms with Crippen LogP contribution in [-0.2, 0) is 21.2 Å². The van der Waals surface area contributed by atoms with Gasteiger partial charge >= 0.3 is 0 Å². The highest BCUT2D eigenvalue weighted by Gasteiger charge is 2.36. The van der Waals surface area contributed by atoms with E-state index < -0.39 is 10.0 Å². The Hall–Kier alpha value is -2.87. The van der Waals surface area contributed by atoms with Crippen LogP contribution in [0.3, 0.4) is 0 Å². The van der Waals surface area contributed by atoms with Crippen LogP contribution in [0.1, 0.15) is 43.2 Å². The average molecular weight is 482 g/mol. The summed E-state index contributed by atoms with van der Waals surface area (Å²) in [6.07, 6.45) is 5.63. The molecule has 0 aromatic heterocycles. The van der Waals surface area contributed by atoms with Crippen molar-refractivity contribution in [1.29, 1.82) is 0 Å². The standard InChI is InChI=1S/C26H31N3O4S/c30-22-9-7-19(8-10-22)5-6-20-11-15-29(16-12-20)26(31)21-13-17-28(18-14-21)25-23-3-1-2-4-24(23)34(32,33)27-25/h1-4,7-10,20-21,30H,5-6,11-18H2. The van der Waals surface area contributed by atoms with Crippen LogP contribution in [-0.4, -0.2) is 61.2 Å². The Labute approximate surface area is 201 Å². The Kier molecular flexibility index (Phi) is 6.34. The maximum atomic E-state index is 13.2. The summed E-state index contributed by atoms with van der Waals surface area (Å²) in [7, 11) is -3.62. The van der Waals surface area contributed by atoms with Crippen LogP contribution in [0.4, 0.5) is 0 Å². The molecule has 2 saturated heterocycles. The van der Waals surface area contributed by atoms with Gasteiger partial charge in [0, 0.05) is 37.7 Å². The average Bonchev–Trinajstić information content (AvgIpc) is 3.14.